The van der Waals surface area contributed by atoms with Crippen LogP contribution in [-0.2, 0) is 11.2 Å². The van der Waals surface area contributed by atoms with E-state index in [1.807, 2.05) is 39.8 Å². The van der Waals surface area contributed by atoms with Crippen molar-refractivity contribution in [1.29, 1.82) is 0 Å². The van der Waals surface area contributed by atoms with Crippen LogP contribution in [0, 0.1) is 0 Å². The zero-order valence-electron chi connectivity index (χ0n) is 12.2. The number of rotatable bonds is 3. The van der Waals surface area contributed by atoms with Gasteiger partial charge in [0.25, 0.3) is 0 Å². The van der Waals surface area contributed by atoms with Crippen LogP contribution in [0.25, 0.3) is 0 Å². The molecule has 1 amide bonds. The predicted molar refractivity (Wildman–Crippen MR) is 76.1 cm³/mol. The third-order valence-corrected chi connectivity index (χ3v) is 3.64. The number of hydrogen-bond donors (Lipinski definition) is 0. The molecular formula is C16H23NO2. The van der Waals surface area contributed by atoms with Crippen LogP contribution in [0.2, 0.25) is 0 Å². The van der Waals surface area contributed by atoms with Crippen LogP contribution in [0.3, 0.4) is 0 Å². The highest BCUT2D eigenvalue weighted by Gasteiger charge is 2.29. The first-order chi connectivity index (χ1) is 9.00. The summed E-state index contributed by atoms with van der Waals surface area (Å²) in [7, 11) is 0. The molecule has 1 aliphatic carbocycles. The van der Waals surface area contributed by atoms with E-state index in [1.165, 1.54) is 11.1 Å². The normalized spacial score (nSPS) is 17.7. The number of fused-ring (bicyclic) bond motifs is 1. The molecule has 0 spiro atoms. The highest BCUT2D eigenvalue weighted by Crippen LogP contribution is 2.34. The van der Waals surface area contributed by atoms with Crippen LogP contribution in [0.4, 0.5) is 4.79 Å². The highest BCUT2D eigenvalue weighted by atomic mass is 16.6. The third-order valence-electron chi connectivity index (χ3n) is 3.64. The van der Waals surface area contributed by atoms with E-state index in [0.29, 0.717) is 0 Å². The number of benzene rings is 1. The van der Waals surface area contributed by atoms with E-state index < -0.39 is 0 Å². The molecule has 0 N–H and O–H groups in total. The van der Waals surface area contributed by atoms with Gasteiger partial charge in [-0.1, -0.05) is 24.3 Å². The summed E-state index contributed by atoms with van der Waals surface area (Å²) >= 11 is 0. The molecule has 2 rings (SSSR count). The maximum absolute atomic E-state index is 12.3. The van der Waals surface area contributed by atoms with Crippen LogP contribution in [-0.4, -0.2) is 23.1 Å². The van der Waals surface area contributed by atoms with E-state index in [2.05, 4.69) is 12.1 Å². The predicted octanol–water partition coefficient (Wildman–Crippen LogP) is 3.93. The van der Waals surface area contributed by atoms with Gasteiger partial charge < -0.3 is 9.64 Å². The lowest BCUT2D eigenvalue weighted by molar-refractivity contribution is 0.0453. The van der Waals surface area contributed by atoms with Crippen molar-refractivity contribution in [1.82, 2.24) is 4.90 Å². The van der Waals surface area contributed by atoms with Crippen molar-refractivity contribution in [3.8, 4) is 0 Å². The van der Waals surface area contributed by atoms with Gasteiger partial charge in [0.05, 0.1) is 0 Å². The Labute approximate surface area is 115 Å². The summed E-state index contributed by atoms with van der Waals surface area (Å²) < 4.78 is 5.71. The van der Waals surface area contributed by atoms with E-state index in [0.717, 1.165) is 12.8 Å². The molecule has 3 heteroatoms. The number of ether oxygens (including phenoxy) is 1. The topological polar surface area (TPSA) is 29.5 Å². The summed E-state index contributed by atoms with van der Waals surface area (Å²) in [5.74, 6) is 0. The van der Waals surface area contributed by atoms with E-state index in [4.69, 9.17) is 4.74 Å². The largest absolute Gasteiger partial charge is 0.441 e. The summed E-state index contributed by atoms with van der Waals surface area (Å²) in [6, 6.07) is 8.54. The van der Waals surface area contributed by atoms with Crippen molar-refractivity contribution in [2.45, 2.75) is 58.7 Å². The summed E-state index contributed by atoms with van der Waals surface area (Å²) in [4.78, 5) is 14.1. The smallest absolute Gasteiger partial charge is 0.410 e. The Morgan fingerprint density at radius 1 is 1.21 bits per heavy atom. The molecule has 0 aliphatic heterocycles. The lowest BCUT2D eigenvalue weighted by atomic mass is 10.1. The molecular weight excluding hydrogens is 238 g/mol. The number of carbonyl (C=O) groups excluding carboxylic acids is 1. The van der Waals surface area contributed by atoms with Crippen molar-refractivity contribution in [3.63, 3.8) is 0 Å². The van der Waals surface area contributed by atoms with Gasteiger partial charge >= 0.3 is 6.09 Å². The minimum Gasteiger partial charge on any atom is -0.441 e. The van der Waals surface area contributed by atoms with Gasteiger partial charge in [-0.3, -0.25) is 0 Å². The first kappa shape index (κ1) is 13.9. The third kappa shape index (κ3) is 2.91. The summed E-state index contributed by atoms with van der Waals surface area (Å²) in [5.41, 5.74) is 2.48. The van der Waals surface area contributed by atoms with Crippen LogP contribution in [0.1, 0.15) is 51.3 Å². The fraction of sp³-hybridized carbons (Fsp3) is 0.562. The van der Waals surface area contributed by atoms with E-state index in [-0.39, 0.29) is 24.3 Å². The molecule has 0 unspecified atom stereocenters. The van der Waals surface area contributed by atoms with Gasteiger partial charge in [0.15, 0.2) is 0 Å². The molecule has 1 aromatic rings. The average molecular weight is 261 g/mol. The standard InChI is InChI=1S/C16H23NO2/c1-11(2)17(12(3)4)16(18)19-15-10-9-13-7-5-6-8-14(13)15/h5-8,11-12,15H,9-10H2,1-4H3/t15-/m0/s1. The fourth-order valence-electron chi connectivity index (χ4n) is 2.84. The second kappa shape index (κ2) is 5.64. The molecule has 0 radical (unpaired) electrons. The number of aryl methyl sites for hydroxylation is 1. The molecule has 1 aromatic carbocycles. The van der Waals surface area contributed by atoms with E-state index in [1.54, 1.807) is 4.90 Å². The molecule has 3 nitrogen and oxygen atoms in total. The molecule has 104 valence electrons. The van der Waals surface area contributed by atoms with Gasteiger partial charge in [0.1, 0.15) is 6.10 Å². The minimum absolute atomic E-state index is 0.0799. The Balaban J connectivity index is 2.08. The van der Waals surface area contributed by atoms with Crippen molar-refractivity contribution < 1.29 is 9.53 Å². The Morgan fingerprint density at radius 2 is 1.84 bits per heavy atom. The maximum Gasteiger partial charge on any atom is 0.410 e. The zero-order valence-corrected chi connectivity index (χ0v) is 12.2. The first-order valence-electron chi connectivity index (χ1n) is 7.07. The molecule has 0 saturated carbocycles. The molecule has 19 heavy (non-hydrogen) atoms. The number of nitrogens with zero attached hydrogens (tertiary/aromatic N) is 1. The van der Waals surface area contributed by atoms with Crippen LogP contribution < -0.4 is 0 Å². The fourth-order valence-corrected chi connectivity index (χ4v) is 2.84. The van der Waals surface area contributed by atoms with E-state index >= 15 is 0 Å². The average Bonchev–Trinajstić information content (AvgIpc) is 2.72. The molecule has 0 fully saturated rings. The van der Waals surface area contributed by atoms with Crippen LogP contribution >= 0.6 is 0 Å². The second-order valence-corrected chi connectivity index (χ2v) is 5.70. The maximum atomic E-state index is 12.3. The van der Waals surface area contributed by atoms with Gasteiger partial charge in [-0.25, -0.2) is 4.79 Å². The molecule has 0 bridgehead atoms. The summed E-state index contributed by atoms with van der Waals surface area (Å²) in [5, 5.41) is 0. The summed E-state index contributed by atoms with van der Waals surface area (Å²) in [6.07, 6.45) is 1.61. The monoisotopic (exact) mass is 261 g/mol. The van der Waals surface area contributed by atoms with Gasteiger partial charge in [-0.2, -0.15) is 0 Å². The molecule has 1 aliphatic rings. The van der Waals surface area contributed by atoms with Crippen molar-refractivity contribution in [3.05, 3.63) is 35.4 Å². The van der Waals surface area contributed by atoms with E-state index in [9.17, 15) is 4.79 Å². The zero-order chi connectivity index (χ0) is 14.0. The van der Waals surface area contributed by atoms with Crippen LogP contribution in [0.15, 0.2) is 24.3 Å². The van der Waals surface area contributed by atoms with Gasteiger partial charge in [-0.15, -0.1) is 0 Å². The van der Waals surface area contributed by atoms with Gasteiger partial charge in [-0.05, 0) is 51.7 Å². The van der Waals surface area contributed by atoms with Gasteiger partial charge in [0.2, 0.25) is 0 Å². The molecule has 0 aromatic heterocycles. The molecule has 1 atom stereocenters. The summed E-state index contributed by atoms with van der Waals surface area (Å²) in [6.45, 7) is 8.07. The number of hydrogen-bond acceptors (Lipinski definition) is 2. The van der Waals surface area contributed by atoms with Crippen LogP contribution in [0.5, 0.6) is 0 Å². The molecule has 0 heterocycles. The Hall–Kier alpha value is -1.51. The Kier molecular flexibility index (Phi) is 4.13. The Bertz CT molecular complexity index is 446. The Morgan fingerprint density at radius 3 is 2.47 bits per heavy atom. The second-order valence-electron chi connectivity index (χ2n) is 5.70. The minimum atomic E-state index is -0.202. The van der Waals surface area contributed by atoms with Crippen molar-refractivity contribution in [2.75, 3.05) is 0 Å². The lowest BCUT2D eigenvalue weighted by Crippen LogP contribution is -2.42. The molecule has 0 saturated heterocycles. The quantitative estimate of drug-likeness (QED) is 0.825. The lowest BCUT2D eigenvalue weighted by Gasteiger charge is -2.31. The number of amides is 1. The van der Waals surface area contributed by atoms with Gasteiger partial charge in [0, 0.05) is 12.1 Å². The van der Waals surface area contributed by atoms with Crippen molar-refractivity contribution >= 4 is 6.09 Å². The van der Waals surface area contributed by atoms with Crippen molar-refractivity contribution in [2.24, 2.45) is 0 Å². The SMILES string of the molecule is CC(C)N(C(=O)O[C@H]1CCc2ccccc21)C(C)C. The first-order valence-corrected chi connectivity index (χ1v) is 7.07. The number of carbonyl (C=O) groups is 1. The highest BCUT2D eigenvalue weighted by molar-refractivity contribution is 5.69.